The van der Waals surface area contributed by atoms with Crippen molar-refractivity contribution in [2.24, 2.45) is 0 Å². The van der Waals surface area contributed by atoms with E-state index in [4.69, 9.17) is 5.11 Å². The number of aromatic nitrogens is 2. The van der Waals surface area contributed by atoms with E-state index < -0.39 is 18.4 Å². The molecule has 0 atom stereocenters. The Morgan fingerprint density at radius 2 is 2.14 bits per heavy atom. The fourth-order valence-corrected chi connectivity index (χ4v) is 0.742. The average molecular weight is 205 g/mol. The number of hydrogen-bond donors (Lipinski definition) is 2. The molecule has 0 aliphatic heterocycles. The van der Waals surface area contributed by atoms with Gasteiger partial charge in [0, 0.05) is 0 Å². The van der Waals surface area contributed by atoms with Crippen molar-refractivity contribution in [3.05, 3.63) is 28.2 Å². The summed E-state index contributed by atoms with van der Waals surface area (Å²) in [5.41, 5.74) is -0.716. The first-order chi connectivity index (χ1) is 6.37. The van der Waals surface area contributed by atoms with Crippen LogP contribution in [0.25, 0.3) is 6.08 Å². The summed E-state index contributed by atoms with van der Waals surface area (Å²) in [4.78, 5) is 15.9. The van der Waals surface area contributed by atoms with Gasteiger partial charge in [-0.05, 0) is 0 Å². The summed E-state index contributed by atoms with van der Waals surface area (Å²) in [6.45, 7) is -5.07. The van der Waals surface area contributed by atoms with Crippen LogP contribution in [0.2, 0.25) is 0 Å². The van der Waals surface area contributed by atoms with Gasteiger partial charge in [0.05, 0.1) is 6.07 Å². The van der Waals surface area contributed by atoms with Gasteiger partial charge in [-0.25, -0.2) is 0 Å². The molecule has 0 fully saturated rings. The summed E-state index contributed by atoms with van der Waals surface area (Å²) in [5, 5.41) is 8.78. The lowest BCUT2D eigenvalue weighted by Gasteiger charge is -2.05. The van der Waals surface area contributed by atoms with Crippen LogP contribution in [0, 0.1) is 0 Å². The Labute approximate surface area is 76.2 Å². The molecule has 14 heavy (non-hydrogen) atoms. The molecule has 1 rings (SSSR count). The van der Waals surface area contributed by atoms with E-state index in [0.717, 1.165) is 6.07 Å². The van der Waals surface area contributed by atoms with Crippen molar-refractivity contribution in [1.82, 2.24) is 9.97 Å². The summed E-state index contributed by atoms with van der Waals surface area (Å²) in [5.74, 6) is -0.991. The maximum Gasteiger partial charge on any atom is 0.502 e. The van der Waals surface area contributed by atoms with Crippen LogP contribution in [0.4, 0.5) is 12.9 Å². The molecular weight excluding hydrogens is 200 g/mol. The van der Waals surface area contributed by atoms with E-state index in [1.54, 1.807) is 0 Å². The molecule has 4 nitrogen and oxygen atoms in total. The molecule has 0 unspecified atom stereocenters. The number of halogens is 3. The summed E-state index contributed by atoms with van der Waals surface area (Å²) in [7, 11) is 0. The first kappa shape index (κ1) is 10.4. The predicted molar refractivity (Wildman–Crippen MR) is 44.6 cm³/mol. The Hall–Kier alpha value is -1.73. The van der Waals surface area contributed by atoms with E-state index in [2.05, 4.69) is 4.98 Å². The van der Waals surface area contributed by atoms with Gasteiger partial charge in [0.2, 0.25) is 5.88 Å². The Kier molecular flexibility index (Phi) is 2.64. The lowest BCUT2D eigenvalue weighted by molar-refractivity contribution is 0.450. The van der Waals surface area contributed by atoms with Crippen molar-refractivity contribution in [2.45, 2.75) is 0 Å². The van der Waals surface area contributed by atoms with Crippen molar-refractivity contribution in [2.75, 3.05) is 0 Å². The van der Waals surface area contributed by atoms with Gasteiger partial charge in [-0.1, -0.05) is 6.08 Å². The highest BCUT2D eigenvalue weighted by Crippen LogP contribution is 2.11. The maximum absolute atomic E-state index is 11.7. The molecule has 8 heteroatoms. The van der Waals surface area contributed by atoms with Crippen LogP contribution in [0.15, 0.2) is 16.8 Å². The molecule has 0 aliphatic rings. The van der Waals surface area contributed by atoms with Crippen LogP contribution in [-0.2, 0) is 0 Å². The number of rotatable bonds is 2. The van der Waals surface area contributed by atoms with Crippen LogP contribution < -0.4 is 5.56 Å². The monoisotopic (exact) mass is 205 g/mol. The Morgan fingerprint density at radius 3 is 2.64 bits per heavy atom. The van der Waals surface area contributed by atoms with Crippen LogP contribution in [0.1, 0.15) is 5.82 Å². The van der Waals surface area contributed by atoms with Crippen LogP contribution in [0.3, 0.4) is 0 Å². The zero-order valence-corrected chi connectivity index (χ0v) is 6.75. The van der Waals surface area contributed by atoms with Crippen molar-refractivity contribution in [3.63, 3.8) is 0 Å². The number of aromatic hydroxyl groups is 1. The van der Waals surface area contributed by atoms with Gasteiger partial charge in [0.25, 0.3) is 5.56 Å². The van der Waals surface area contributed by atoms with E-state index in [-0.39, 0.29) is 11.8 Å². The minimum Gasteiger partial charge on any atom is -0.493 e. The highest BCUT2D eigenvalue weighted by atomic mass is 19.4. The molecule has 1 heterocycles. The molecule has 1 aromatic heterocycles. The molecular formula is C6H5BF3N2O2-. The van der Waals surface area contributed by atoms with Crippen molar-refractivity contribution < 1.29 is 18.1 Å². The Balaban J connectivity index is 2.98. The standard InChI is InChI=1S/C6H5BF3N2O2/c8-7(9,10)2-1-4-11-5(13)3-6(14)12-4/h1-3H,(H2,11,12,13,14)/q-1/b2-1+. The summed E-state index contributed by atoms with van der Waals surface area (Å²) in [6, 6.07) is 0.760. The SMILES string of the molecule is O=c1cc(O)nc(/C=C/[B-](F)(F)F)[nH]1. The van der Waals surface area contributed by atoms with Gasteiger partial charge in [-0.3, -0.25) is 4.79 Å². The fraction of sp³-hybridized carbons (Fsp3) is 0. The topological polar surface area (TPSA) is 66.0 Å². The molecule has 0 radical (unpaired) electrons. The second-order valence-electron chi connectivity index (χ2n) is 2.47. The van der Waals surface area contributed by atoms with E-state index in [1.807, 2.05) is 4.98 Å². The zero-order chi connectivity index (χ0) is 10.8. The number of hydrogen-bond acceptors (Lipinski definition) is 3. The molecule has 0 amide bonds. The molecule has 0 saturated carbocycles. The number of H-pyrrole nitrogens is 1. The summed E-state index contributed by atoms with van der Waals surface area (Å²) >= 11 is 0. The number of nitrogens with one attached hydrogen (secondary N) is 1. The van der Waals surface area contributed by atoms with Gasteiger partial charge in [0.15, 0.2) is 0 Å². The number of nitrogens with zero attached hydrogens (tertiary/aromatic N) is 1. The third-order valence-corrected chi connectivity index (χ3v) is 1.22. The molecule has 2 N–H and O–H groups in total. The number of aromatic amines is 1. The summed E-state index contributed by atoms with van der Waals surface area (Å²) in [6.07, 6.45) is 0.584. The normalized spacial score (nSPS) is 12.2. The van der Waals surface area contributed by atoms with E-state index in [1.165, 1.54) is 0 Å². The quantitative estimate of drug-likeness (QED) is 0.704. The minimum atomic E-state index is -5.07. The van der Waals surface area contributed by atoms with Crippen molar-refractivity contribution >= 4 is 13.1 Å². The highest BCUT2D eigenvalue weighted by molar-refractivity contribution is 6.64. The van der Waals surface area contributed by atoms with Gasteiger partial charge in [-0.15, -0.1) is 5.98 Å². The van der Waals surface area contributed by atoms with Gasteiger partial charge in [0.1, 0.15) is 5.82 Å². The van der Waals surface area contributed by atoms with Crippen LogP contribution >= 0.6 is 0 Å². The van der Waals surface area contributed by atoms with Crippen molar-refractivity contribution in [1.29, 1.82) is 0 Å². The van der Waals surface area contributed by atoms with Gasteiger partial charge >= 0.3 is 6.98 Å². The average Bonchev–Trinajstić information content (AvgIpc) is 1.97. The second kappa shape index (κ2) is 3.56. The van der Waals surface area contributed by atoms with E-state index >= 15 is 0 Å². The Morgan fingerprint density at radius 1 is 1.50 bits per heavy atom. The lowest BCUT2D eigenvalue weighted by atomic mass is 9.92. The molecule has 0 aromatic carbocycles. The smallest absolute Gasteiger partial charge is 0.493 e. The summed E-state index contributed by atoms with van der Waals surface area (Å²) < 4.78 is 35.2. The molecule has 0 saturated heterocycles. The van der Waals surface area contributed by atoms with Crippen molar-refractivity contribution in [3.8, 4) is 5.88 Å². The lowest BCUT2D eigenvalue weighted by Crippen LogP contribution is -2.11. The van der Waals surface area contributed by atoms with Gasteiger partial charge < -0.3 is 23.0 Å². The zero-order valence-electron chi connectivity index (χ0n) is 6.75. The first-order valence-corrected chi connectivity index (χ1v) is 3.56. The highest BCUT2D eigenvalue weighted by Gasteiger charge is 2.17. The van der Waals surface area contributed by atoms with E-state index in [9.17, 15) is 17.7 Å². The fourth-order valence-electron chi connectivity index (χ4n) is 0.742. The molecule has 0 aliphatic carbocycles. The first-order valence-electron chi connectivity index (χ1n) is 3.56. The van der Waals surface area contributed by atoms with Crippen LogP contribution in [-0.4, -0.2) is 22.1 Å². The third kappa shape index (κ3) is 3.34. The van der Waals surface area contributed by atoms with Crippen LogP contribution in [0.5, 0.6) is 5.88 Å². The largest absolute Gasteiger partial charge is 0.502 e. The van der Waals surface area contributed by atoms with E-state index in [0.29, 0.717) is 6.08 Å². The van der Waals surface area contributed by atoms with Gasteiger partial charge in [-0.2, -0.15) is 4.98 Å². The molecule has 0 bridgehead atoms. The predicted octanol–water partition coefficient (Wildman–Crippen LogP) is 0.875. The molecule has 0 spiro atoms. The minimum absolute atomic E-state index is 0.0300. The second-order valence-corrected chi connectivity index (χ2v) is 2.47. The Bertz CT molecular complexity index is 412. The molecule has 76 valence electrons. The maximum atomic E-state index is 11.7. The third-order valence-electron chi connectivity index (χ3n) is 1.22. The molecule has 1 aromatic rings.